The van der Waals surface area contributed by atoms with Crippen LogP contribution >= 0.6 is 27.5 Å². The smallest absolute Gasteiger partial charge is 0.224 e. The number of nitrogens with one attached hydrogen (secondary N) is 1. The quantitative estimate of drug-likeness (QED) is 0.898. The van der Waals surface area contributed by atoms with Crippen molar-refractivity contribution in [2.45, 2.75) is 12.8 Å². The summed E-state index contributed by atoms with van der Waals surface area (Å²) in [7, 11) is 0. The summed E-state index contributed by atoms with van der Waals surface area (Å²) in [6.07, 6.45) is 0.568. The van der Waals surface area contributed by atoms with Crippen LogP contribution in [0.25, 0.3) is 0 Å². The standard InChI is InChI=1S/C10H10BrClFNO2/c11-7-4-6(13)5-8(12)10(7)14-9(16)2-1-3-15/h4-5,15H,1-3H2,(H,14,16). The number of hydrogen-bond donors (Lipinski definition) is 2. The van der Waals surface area contributed by atoms with E-state index in [1.807, 2.05) is 0 Å². The van der Waals surface area contributed by atoms with Crippen molar-refractivity contribution in [3.05, 3.63) is 27.4 Å². The number of rotatable bonds is 4. The van der Waals surface area contributed by atoms with Crippen LogP contribution in [0.3, 0.4) is 0 Å². The van der Waals surface area contributed by atoms with Gasteiger partial charge in [0.05, 0.1) is 10.7 Å². The van der Waals surface area contributed by atoms with Crippen LogP contribution in [0.15, 0.2) is 16.6 Å². The molecule has 0 saturated carbocycles. The van der Waals surface area contributed by atoms with Gasteiger partial charge in [-0.3, -0.25) is 4.79 Å². The third-order valence-corrected chi connectivity index (χ3v) is 2.76. The Morgan fingerprint density at radius 2 is 2.25 bits per heavy atom. The maximum absolute atomic E-state index is 12.9. The van der Waals surface area contributed by atoms with Gasteiger partial charge in [-0.05, 0) is 34.5 Å². The molecule has 0 aromatic heterocycles. The molecular weight excluding hydrogens is 300 g/mol. The SMILES string of the molecule is O=C(CCCO)Nc1c(Cl)cc(F)cc1Br. The van der Waals surface area contributed by atoms with Crippen molar-refractivity contribution in [3.63, 3.8) is 0 Å². The van der Waals surface area contributed by atoms with E-state index in [1.165, 1.54) is 6.07 Å². The highest BCUT2D eigenvalue weighted by atomic mass is 79.9. The summed E-state index contributed by atoms with van der Waals surface area (Å²) in [6.45, 7) is -0.0499. The Labute approximate surface area is 106 Å². The molecule has 88 valence electrons. The van der Waals surface area contributed by atoms with Crippen LogP contribution in [0.2, 0.25) is 5.02 Å². The van der Waals surface area contributed by atoms with Gasteiger partial charge >= 0.3 is 0 Å². The van der Waals surface area contributed by atoms with Crippen molar-refractivity contribution < 1.29 is 14.3 Å². The van der Waals surface area contributed by atoms with Crippen molar-refractivity contribution in [3.8, 4) is 0 Å². The lowest BCUT2D eigenvalue weighted by molar-refractivity contribution is -0.116. The van der Waals surface area contributed by atoms with Gasteiger partial charge in [0.1, 0.15) is 5.82 Å². The molecule has 0 fully saturated rings. The summed E-state index contributed by atoms with van der Waals surface area (Å²) in [5.74, 6) is -0.756. The maximum atomic E-state index is 12.9. The van der Waals surface area contributed by atoms with Gasteiger partial charge in [-0.2, -0.15) is 0 Å². The zero-order valence-corrected chi connectivity index (χ0v) is 10.6. The third kappa shape index (κ3) is 3.73. The van der Waals surface area contributed by atoms with Crippen LogP contribution in [0.5, 0.6) is 0 Å². The van der Waals surface area contributed by atoms with Crippen LogP contribution in [0, 0.1) is 5.82 Å². The van der Waals surface area contributed by atoms with E-state index < -0.39 is 5.82 Å². The number of carbonyl (C=O) groups is 1. The fraction of sp³-hybridized carbons (Fsp3) is 0.300. The lowest BCUT2D eigenvalue weighted by atomic mass is 10.2. The number of carbonyl (C=O) groups excluding carboxylic acids is 1. The number of aliphatic hydroxyl groups excluding tert-OH is 1. The molecule has 0 unspecified atom stereocenters. The van der Waals surface area contributed by atoms with Gasteiger partial charge < -0.3 is 10.4 Å². The molecule has 0 heterocycles. The second-order valence-electron chi connectivity index (χ2n) is 3.12. The summed E-state index contributed by atoms with van der Waals surface area (Å²) in [4.78, 5) is 11.4. The zero-order valence-electron chi connectivity index (χ0n) is 8.27. The third-order valence-electron chi connectivity index (χ3n) is 1.83. The molecule has 0 bridgehead atoms. The predicted molar refractivity (Wildman–Crippen MR) is 64.1 cm³/mol. The Kier molecular flexibility index (Phi) is 5.18. The van der Waals surface area contributed by atoms with Gasteiger partial charge in [0.2, 0.25) is 5.91 Å². The minimum Gasteiger partial charge on any atom is -0.396 e. The van der Waals surface area contributed by atoms with E-state index in [-0.39, 0.29) is 24.0 Å². The number of hydrogen-bond acceptors (Lipinski definition) is 2. The summed E-state index contributed by atoms with van der Waals surface area (Å²) >= 11 is 8.88. The molecule has 0 aliphatic heterocycles. The summed E-state index contributed by atoms with van der Waals surface area (Å²) in [6, 6.07) is 2.33. The van der Waals surface area contributed by atoms with Crippen molar-refractivity contribution in [2.75, 3.05) is 11.9 Å². The molecule has 1 rings (SSSR count). The van der Waals surface area contributed by atoms with Crippen LogP contribution in [0.4, 0.5) is 10.1 Å². The Balaban J connectivity index is 2.77. The lowest BCUT2D eigenvalue weighted by Gasteiger charge is -2.09. The van der Waals surface area contributed by atoms with Gasteiger partial charge in [-0.25, -0.2) is 4.39 Å². The van der Waals surface area contributed by atoms with Crippen molar-refractivity contribution in [1.82, 2.24) is 0 Å². The van der Waals surface area contributed by atoms with E-state index in [0.29, 0.717) is 16.6 Å². The van der Waals surface area contributed by atoms with Crippen LogP contribution in [0.1, 0.15) is 12.8 Å². The molecule has 0 aliphatic carbocycles. The number of halogens is 3. The summed E-state index contributed by atoms with van der Waals surface area (Å²) < 4.78 is 13.3. The Morgan fingerprint density at radius 1 is 1.56 bits per heavy atom. The predicted octanol–water partition coefficient (Wildman–Crippen LogP) is 2.95. The highest BCUT2D eigenvalue weighted by Gasteiger charge is 2.10. The minimum absolute atomic E-state index is 0.0499. The normalized spacial score (nSPS) is 10.2. The maximum Gasteiger partial charge on any atom is 0.224 e. The largest absolute Gasteiger partial charge is 0.396 e. The van der Waals surface area contributed by atoms with Gasteiger partial charge in [-0.15, -0.1) is 0 Å². The number of amides is 1. The summed E-state index contributed by atoms with van der Waals surface area (Å²) in [5.41, 5.74) is 0.339. The molecule has 3 nitrogen and oxygen atoms in total. The second-order valence-corrected chi connectivity index (χ2v) is 4.38. The van der Waals surface area contributed by atoms with Crippen molar-refractivity contribution in [2.24, 2.45) is 0 Å². The monoisotopic (exact) mass is 309 g/mol. The fourth-order valence-corrected chi connectivity index (χ4v) is 2.00. The Bertz CT molecular complexity index is 377. The van der Waals surface area contributed by atoms with Crippen molar-refractivity contribution in [1.29, 1.82) is 0 Å². The Morgan fingerprint density at radius 3 is 2.81 bits per heavy atom. The minimum atomic E-state index is -0.481. The number of aliphatic hydroxyl groups is 1. The molecule has 16 heavy (non-hydrogen) atoms. The first-order valence-electron chi connectivity index (χ1n) is 4.60. The lowest BCUT2D eigenvalue weighted by Crippen LogP contribution is -2.12. The molecule has 6 heteroatoms. The molecule has 1 aromatic carbocycles. The van der Waals surface area contributed by atoms with Crippen molar-refractivity contribution >= 4 is 39.1 Å². The van der Waals surface area contributed by atoms with E-state index in [9.17, 15) is 9.18 Å². The van der Waals surface area contributed by atoms with Crippen LogP contribution in [-0.2, 0) is 4.79 Å². The molecule has 0 aliphatic rings. The molecule has 0 spiro atoms. The van der Waals surface area contributed by atoms with E-state index >= 15 is 0 Å². The van der Waals surface area contributed by atoms with Gasteiger partial charge in [-0.1, -0.05) is 11.6 Å². The van der Waals surface area contributed by atoms with Crippen LogP contribution in [-0.4, -0.2) is 17.6 Å². The van der Waals surface area contributed by atoms with Crippen LogP contribution < -0.4 is 5.32 Å². The Hall–Kier alpha value is -0.650. The fourth-order valence-electron chi connectivity index (χ4n) is 1.10. The first-order chi connectivity index (χ1) is 7.54. The van der Waals surface area contributed by atoms with E-state index in [4.69, 9.17) is 16.7 Å². The molecule has 0 radical (unpaired) electrons. The summed E-state index contributed by atoms with van der Waals surface area (Å²) in [5, 5.41) is 11.2. The average molecular weight is 311 g/mol. The number of benzene rings is 1. The first-order valence-corrected chi connectivity index (χ1v) is 5.77. The number of anilines is 1. The van der Waals surface area contributed by atoms with Gasteiger partial charge in [0.15, 0.2) is 0 Å². The zero-order chi connectivity index (χ0) is 12.1. The van der Waals surface area contributed by atoms with E-state index in [1.54, 1.807) is 0 Å². The topological polar surface area (TPSA) is 49.3 Å². The molecular formula is C10H10BrClFNO2. The van der Waals surface area contributed by atoms with E-state index in [2.05, 4.69) is 21.2 Å². The molecule has 2 N–H and O–H groups in total. The molecule has 1 amide bonds. The highest BCUT2D eigenvalue weighted by Crippen LogP contribution is 2.31. The first kappa shape index (κ1) is 13.4. The molecule has 0 atom stereocenters. The highest BCUT2D eigenvalue weighted by molar-refractivity contribution is 9.10. The molecule has 0 saturated heterocycles. The molecule has 1 aromatic rings. The van der Waals surface area contributed by atoms with E-state index in [0.717, 1.165) is 6.07 Å². The van der Waals surface area contributed by atoms with Gasteiger partial charge in [0, 0.05) is 17.5 Å². The van der Waals surface area contributed by atoms with Gasteiger partial charge in [0.25, 0.3) is 0 Å². The average Bonchev–Trinajstić information content (AvgIpc) is 2.20. The second kappa shape index (κ2) is 6.18.